The molecule has 0 spiro atoms. The third kappa shape index (κ3) is 39.9. The summed E-state index contributed by atoms with van der Waals surface area (Å²) < 4.78 is 161. The van der Waals surface area contributed by atoms with E-state index in [4.69, 9.17) is 132 Å². The zero-order valence-electron chi connectivity index (χ0n) is 66.9. The topological polar surface area (TPSA) is 258 Å². The molecule has 0 aromatic heterocycles. The summed E-state index contributed by atoms with van der Waals surface area (Å²) in [5, 5.41) is 0. The first kappa shape index (κ1) is 95.0. The van der Waals surface area contributed by atoms with Crippen LogP contribution in [0.3, 0.4) is 0 Å². The average Bonchev–Trinajstić information content (AvgIpc) is 1.56. The minimum absolute atomic E-state index is 0.412. The third-order valence-electron chi connectivity index (χ3n) is 18.5. The molecule has 0 saturated carbocycles. The summed E-state index contributed by atoms with van der Waals surface area (Å²) in [6.07, 6.45) is 3.24. The molecule has 2 saturated heterocycles. The SMILES string of the molecule is COCCOCCOCCOCCOCCOCCOCCOCCOCCOCCOCCOCCCC1(CCCOCCOCCOCCOCCOCCOCCOCCOCCOCCOCCOCCOC)c2cc(B3OC(C)(C)C(C)(C)O3)ccc2-c2ccc(B3OC(C)(C)C(C)(C)O3)cc21. The lowest BCUT2D eigenvalue weighted by Crippen LogP contribution is -2.41. The van der Waals surface area contributed by atoms with E-state index < -0.39 is 42.1 Å². The molecule has 2 aromatic carbocycles. The summed E-state index contributed by atoms with van der Waals surface area (Å²) in [6, 6.07) is 13.5. The smallest absolute Gasteiger partial charge is 0.399 e. The largest absolute Gasteiger partial charge is 0.494 e. The number of hydrogen-bond donors (Lipinski definition) is 0. The quantitative estimate of drug-likeness (QED) is 0.0562. The summed E-state index contributed by atoms with van der Waals surface area (Å²) in [5.41, 5.74) is 4.46. The Morgan fingerprint density at radius 2 is 0.383 bits per heavy atom. The van der Waals surface area contributed by atoms with Gasteiger partial charge in [0.1, 0.15) is 0 Å². The maximum absolute atomic E-state index is 6.66. The van der Waals surface area contributed by atoms with Crippen LogP contribution in [-0.4, -0.2) is 355 Å². The highest BCUT2D eigenvalue weighted by Gasteiger charge is 2.54. The summed E-state index contributed by atoms with van der Waals surface area (Å²) in [6.45, 7) is 39.6. The van der Waals surface area contributed by atoms with Crippen molar-refractivity contribution in [2.24, 2.45) is 0 Å². The Bertz CT molecular complexity index is 2260. The molecule has 1 aliphatic carbocycles. The highest BCUT2D eigenvalue weighted by Crippen LogP contribution is 2.54. The standard InChI is InChI=1S/C77H136B2O28/c1-73(2)74(3,4)105-78(104-73)67-13-15-69-70-16-14-68(79-106-75(5,6)76(7,8)107-79)66-72(70)77(71(69)65-67,17-11-19-82-25-27-86-33-35-90-41-43-94-49-51-98-57-59-102-63-61-100-55-53-96-47-45-92-39-37-88-31-29-84-23-21-80-9)18-12-20-83-26-28-87-34-36-91-42-44-95-50-52-99-58-60-103-64-62-101-56-54-97-48-46-93-40-38-89-32-30-85-24-22-81-10/h13-16,65-66H,11-12,17-64H2,1-10H3. The van der Waals surface area contributed by atoms with Gasteiger partial charge >= 0.3 is 14.2 Å². The normalized spacial score (nSPS) is 16.1. The summed E-state index contributed by atoms with van der Waals surface area (Å²) in [5.74, 6) is 0. The molecule has 2 aliphatic heterocycles. The van der Waals surface area contributed by atoms with E-state index in [2.05, 4.69) is 91.8 Å². The van der Waals surface area contributed by atoms with Crippen molar-refractivity contribution in [3.8, 4) is 11.1 Å². The Balaban J connectivity index is 0.917. The van der Waals surface area contributed by atoms with Gasteiger partial charge in [-0.05, 0) is 114 Å². The molecule has 0 unspecified atom stereocenters. The molecule has 2 aromatic rings. The molecule has 0 N–H and O–H groups in total. The number of hydrogen-bond acceptors (Lipinski definition) is 28. The van der Waals surface area contributed by atoms with Crippen LogP contribution in [0.4, 0.5) is 0 Å². The van der Waals surface area contributed by atoms with Crippen LogP contribution in [0.25, 0.3) is 11.1 Å². The summed E-state index contributed by atoms with van der Waals surface area (Å²) >= 11 is 0. The van der Waals surface area contributed by atoms with Crippen molar-refractivity contribution in [3.05, 3.63) is 47.5 Å². The van der Waals surface area contributed by atoms with E-state index in [1.165, 1.54) is 22.3 Å². The van der Waals surface area contributed by atoms with Crippen LogP contribution in [0.1, 0.15) is 92.2 Å². The van der Waals surface area contributed by atoms with E-state index in [0.717, 1.165) is 36.6 Å². The van der Waals surface area contributed by atoms with Crippen molar-refractivity contribution in [1.29, 1.82) is 0 Å². The first-order chi connectivity index (χ1) is 52.2. The lowest BCUT2D eigenvalue weighted by molar-refractivity contribution is -0.0281. The fourth-order valence-electron chi connectivity index (χ4n) is 11.3. The molecule has 30 heteroatoms. The van der Waals surface area contributed by atoms with Crippen LogP contribution in [0.15, 0.2) is 36.4 Å². The van der Waals surface area contributed by atoms with E-state index in [-0.39, 0.29) is 0 Å². The van der Waals surface area contributed by atoms with Crippen molar-refractivity contribution < 1.29 is 132 Å². The first-order valence-corrected chi connectivity index (χ1v) is 38.9. The van der Waals surface area contributed by atoms with Crippen LogP contribution in [0.5, 0.6) is 0 Å². The Morgan fingerprint density at radius 3 is 0.551 bits per heavy atom. The van der Waals surface area contributed by atoms with Gasteiger partial charge < -0.3 is 132 Å². The second-order valence-corrected chi connectivity index (χ2v) is 27.5. The zero-order valence-corrected chi connectivity index (χ0v) is 66.9. The second kappa shape index (κ2) is 59.2. The molecule has 618 valence electrons. The van der Waals surface area contributed by atoms with Crippen molar-refractivity contribution >= 4 is 25.2 Å². The average molecular weight is 1530 g/mol. The minimum atomic E-state index is -0.522. The van der Waals surface area contributed by atoms with Gasteiger partial charge in [-0.15, -0.1) is 0 Å². The fourth-order valence-corrected chi connectivity index (χ4v) is 11.3. The van der Waals surface area contributed by atoms with Gasteiger partial charge in [-0.3, -0.25) is 0 Å². The van der Waals surface area contributed by atoms with Crippen LogP contribution in [0.2, 0.25) is 0 Å². The molecular weight excluding hydrogens is 1390 g/mol. The zero-order chi connectivity index (χ0) is 76.5. The van der Waals surface area contributed by atoms with Gasteiger partial charge in [-0.2, -0.15) is 0 Å². The van der Waals surface area contributed by atoms with Gasteiger partial charge in [0.05, 0.1) is 313 Å². The van der Waals surface area contributed by atoms with Gasteiger partial charge in [-0.25, -0.2) is 0 Å². The van der Waals surface area contributed by atoms with Crippen molar-refractivity contribution in [2.45, 2.75) is 109 Å². The van der Waals surface area contributed by atoms with Crippen LogP contribution in [-0.2, 0) is 138 Å². The van der Waals surface area contributed by atoms with Gasteiger partial charge in [0.25, 0.3) is 0 Å². The summed E-state index contributed by atoms with van der Waals surface area (Å²) in [4.78, 5) is 0. The lowest BCUT2D eigenvalue weighted by Gasteiger charge is -2.33. The third-order valence-corrected chi connectivity index (χ3v) is 18.5. The lowest BCUT2D eigenvalue weighted by atomic mass is 9.67. The molecule has 0 bridgehead atoms. The molecule has 2 heterocycles. The Kier molecular flexibility index (Phi) is 52.6. The molecule has 2 fully saturated rings. The van der Waals surface area contributed by atoms with E-state index in [0.29, 0.717) is 304 Å². The number of methoxy groups -OCH3 is 2. The van der Waals surface area contributed by atoms with Crippen molar-refractivity contribution in [2.75, 3.05) is 318 Å². The molecule has 3 aliphatic rings. The first-order valence-electron chi connectivity index (χ1n) is 38.9. The monoisotopic (exact) mass is 1530 g/mol. The Hall–Kier alpha value is -2.55. The second-order valence-electron chi connectivity index (χ2n) is 27.5. The molecular formula is C77H136B2O28. The van der Waals surface area contributed by atoms with Crippen LogP contribution < -0.4 is 10.9 Å². The Labute approximate surface area is 640 Å². The van der Waals surface area contributed by atoms with E-state index in [1.54, 1.807) is 14.2 Å². The Morgan fingerprint density at radius 1 is 0.224 bits per heavy atom. The van der Waals surface area contributed by atoms with Crippen molar-refractivity contribution in [1.82, 2.24) is 0 Å². The van der Waals surface area contributed by atoms with Gasteiger partial charge in [0.2, 0.25) is 0 Å². The number of benzene rings is 2. The number of rotatable bonds is 76. The predicted molar refractivity (Wildman–Crippen MR) is 404 cm³/mol. The van der Waals surface area contributed by atoms with Crippen molar-refractivity contribution in [3.63, 3.8) is 0 Å². The molecule has 0 amide bonds. The molecule has 107 heavy (non-hydrogen) atoms. The molecule has 0 atom stereocenters. The maximum atomic E-state index is 6.66. The summed E-state index contributed by atoms with van der Waals surface area (Å²) in [7, 11) is 2.25. The maximum Gasteiger partial charge on any atom is 0.494 e. The molecule has 5 rings (SSSR count). The van der Waals surface area contributed by atoms with Gasteiger partial charge in [-0.1, -0.05) is 36.4 Å². The highest BCUT2D eigenvalue weighted by atomic mass is 16.7. The highest BCUT2D eigenvalue weighted by molar-refractivity contribution is 6.62. The van der Waals surface area contributed by atoms with E-state index >= 15 is 0 Å². The van der Waals surface area contributed by atoms with E-state index in [1.807, 2.05) is 0 Å². The van der Waals surface area contributed by atoms with Crippen LogP contribution in [0, 0.1) is 0 Å². The fraction of sp³-hybridized carbons (Fsp3) is 0.844. The predicted octanol–water partition coefficient (Wildman–Crippen LogP) is 5.77. The van der Waals surface area contributed by atoms with Gasteiger partial charge in [0, 0.05) is 32.8 Å². The molecule has 28 nitrogen and oxygen atoms in total. The van der Waals surface area contributed by atoms with E-state index in [9.17, 15) is 0 Å². The molecule has 0 radical (unpaired) electrons. The number of fused-ring (bicyclic) bond motifs is 3. The van der Waals surface area contributed by atoms with Crippen LogP contribution >= 0.6 is 0 Å². The van der Waals surface area contributed by atoms with Gasteiger partial charge in [0.15, 0.2) is 0 Å². The minimum Gasteiger partial charge on any atom is -0.399 e. The number of ether oxygens (including phenoxy) is 24.